The third-order valence-corrected chi connectivity index (χ3v) is 8.87. The number of piperidine rings is 2. The highest BCUT2D eigenvalue weighted by Gasteiger charge is 2.22. The van der Waals surface area contributed by atoms with Gasteiger partial charge >= 0.3 is 0 Å². The SMILES string of the molecule is C=C/C(=C\C(=C/C)c1nc(NC2CCCCC2)ncc1F)N1C=CCCC1=O.O=CN1CCC(CN2CCCCC2)CC1. The number of nitrogens with one attached hydrogen (secondary N) is 1. The summed E-state index contributed by atoms with van der Waals surface area (Å²) < 4.78 is 14.5. The van der Waals surface area contributed by atoms with Crippen molar-refractivity contribution in [1.29, 1.82) is 0 Å². The third-order valence-electron chi connectivity index (χ3n) is 8.87. The Labute approximate surface area is 256 Å². The van der Waals surface area contributed by atoms with Crippen molar-refractivity contribution in [3.8, 4) is 0 Å². The third kappa shape index (κ3) is 9.85. The van der Waals surface area contributed by atoms with Crippen LogP contribution in [0.3, 0.4) is 0 Å². The van der Waals surface area contributed by atoms with Gasteiger partial charge in [0.15, 0.2) is 5.82 Å². The van der Waals surface area contributed by atoms with Crippen molar-refractivity contribution in [3.63, 3.8) is 0 Å². The quantitative estimate of drug-likeness (QED) is 0.267. The van der Waals surface area contributed by atoms with Gasteiger partial charge in [0.25, 0.3) is 0 Å². The van der Waals surface area contributed by atoms with Crippen LogP contribution in [0.1, 0.15) is 89.7 Å². The monoisotopic (exact) mass is 592 g/mol. The van der Waals surface area contributed by atoms with Crippen LogP contribution in [0.25, 0.3) is 5.57 Å². The van der Waals surface area contributed by atoms with Crippen LogP contribution >= 0.6 is 0 Å². The molecule has 0 aromatic carbocycles. The van der Waals surface area contributed by atoms with E-state index in [0.717, 1.165) is 44.7 Å². The Morgan fingerprint density at radius 1 is 1.07 bits per heavy atom. The van der Waals surface area contributed by atoms with Gasteiger partial charge in [-0.3, -0.25) is 14.5 Å². The molecule has 0 bridgehead atoms. The van der Waals surface area contributed by atoms with Gasteiger partial charge in [-0.05, 0) is 83.0 Å². The number of carbonyl (C=O) groups excluding carboxylic acids is 2. The topological polar surface area (TPSA) is 81.7 Å². The predicted molar refractivity (Wildman–Crippen MR) is 170 cm³/mol. The van der Waals surface area contributed by atoms with Gasteiger partial charge in [0.2, 0.25) is 18.3 Å². The summed E-state index contributed by atoms with van der Waals surface area (Å²) >= 11 is 0. The molecular weight excluding hydrogens is 543 g/mol. The van der Waals surface area contributed by atoms with E-state index in [4.69, 9.17) is 0 Å². The number of likely N-dealkylation sites (tertiary alicyclic amines) is 2. The zero-order valence-electron chi connectivity index (χ0n) is 25.9. The van der Waals surface area contributed by atoms with E-state index in [1.54, 1.807) is 29.3 Å². The Bertz CT molecular complexity index is 1160. The zero-order chi connectivity index (χ0) is 30.4. The van der Waals surface area contributed by atoms with E-state index in [1.165, 1.54) is 77.2 Å². The van der Waals surface area contributed by atoms with Gasteiger partial charge in [-0.1, -0.05) is 44.4 Å². The lowest BCUT2D eigenvalue weighted by atomic mass is 9.95. The maximum atomic E-state index is 14.5. The second-order valence-corrected chi connectivity index (χ2v) is 12.0. The number of rotatable bonds is 9. The van der Waals surface area contributed by atoms with Crippen LogP contribution in [0.15, 0.2) is 49.0 Å². The molecule has 0 spiro atoms. The van der Waals surface area contributed by atoms with Crippen LogP contribution in [0.4, 0.5) is 10.3 Å². The van der Waals surface area contributed by atoms with E-state index >= 15 is 0 Å². The fourth-order valence-corrected chi connectivity index (χ4v) is 6.31. The fraction of sp³-hybridized carbons (Fsp3) is 0.588. The standard InChI is InChI=1S/C22H27FN4O.C12H22N2O/c1-3-16(14-18(4-2)27-13-9-8-12-20(27)28)21-19(23)15-24-22(26-21)25-17-10-6-5-7-11-17;15-11-14-8-4-12(5-9-14)10-13-6-2-1-3-7-13/h3-4,9,13-15,17H,2,5-8,10-12H2,1H3,(H,24,25,26);11-12H,1-10H2/b16-3+,18-14+;. The molecule has 2 saturated heterocycles. The lowest BCUT2D eigenvalue weighted by molar-refractivity contribution is -0.127. The van der Waals surface area contributed by atoms with Crippen molar-refractivity contribution < 1.29 is 14.0 Å². The summed E-state index contributed by atoms with van der Waals surface area (Å²) in [6, 6.07) is 0.330. The summed E-state index contributed by atoms with van der Waals surface area (Å²) in [4.78, 5) is 37.4. The van der Waals surface area contributed by atoms with Crippen molar-refractivity contribution in [2.45, 2.75) is 90.0 Å². The number of allylic oxidation sites excluding steroid dienone is 5. The highest BCUT2D eigenvalue weighted by molar-refractivity contribution is 5.82. The second-order valence-electron chi connectivity index (χ2n) is 12.0. The van der Waals surface area contributed by atoms with Crippen molar-refractivity contribution in [2.75, 3.05) is 38.0 Å². The minimum atomic E-state index is -0.498. The first kappa shape index (κ1) is 32.6. The van der Waals surface area contributed by atoms with Crippen molar-refractivity contribution in [2.24, 2.45) is 5.92 Å². The highest BCUT2D eigenvalue weighted by Crippen LogP contribution is 2.25. The normalized spacial score (nSPS) is 21.3. The number of aromatic nitrogens is 2. The largest absolute Gasteiger partial charge is 0.351 e. The number of carbonyl (C=O) groups is 2. The minimum Gasteiger partial charge on any atom is -0.351 e. The molecule has 1 N–H and O–H groups in total. The van der Waals surface area contributed by atoms with Crippen molar-refractivity contribution >= 4 is 23.8 Å². The molecule has 0 unspecified atom stereocenters. The summed E-state index contributed by atoms with van der Waals surface area (Å²) in [6.07, 6.45) is 24.5. The van der Waals surface area contributed by atoms with Gasteiger partial charge in [0, 0.05) is 49.6 Å². The molecule has 9 heteroatoms. The Hall–Kier alpha value is -3.33. The number of amides is 2. The molecule has 1 aromatic heterocycles. The highest BCUT2D eigenvalue weighted by atomic mass is 19.1. The summed E-state index contributed by atoms with van der Waals surface area (Å²) in [5.74, 6) is 0.763. The first-order chi connectivity index (χ1) is 21.0. The zero-order valence-corrected chi connectivity index (χ0v) is 25.9. The number of hydrogen-bond acceptors (Lipinski definition) is 6. The molecule has 0 atom stereocenters. The number of hydrogen-bond donors (Lipinski definition) is 1. The maximum Gasteiger partial charge on any atom is 0.231 e. The number of nitrogens with zero attached hydrogens (tertiary/aromatic N) is 5. The molecule has 234 valence electrons. The molecule has 4 aliphatic rings. The summed E-state index contributed by atoms with van der Waals surface area (Å²) in [5.41, 5.74) is 1.38. The van der Waals surface area contributed by atoms with E-state index in [9.17, 15) is 14.0 Å². The lowest BCUT2D eigenvalue weighted by Crippen LogP contribution is -2.39. The van der Waals surface area contributed by atoms with E-state index in [1.807, 2.05) is 17.9 Å². The first-order valence-electron chi connectivity index (χ1n) is 16.2. The molecule has 3 fully saturated rings. The second kappa shape index (κ2) is 17.1. The molecule has 2 amide bonds. The molecule has 0 radical (unpaired) electrons. The summed E-state index contributed by atoms with van der Waals surface area (Å²) in [6.45, 7) is 11.4. The van der Waals surface area contributed by atoms with Gasteiger partial charge in [0.1, 0.15) is 5.69 Å². The molecule has 1 saturated carbocycles. The van der Waals surface area contributed by atoms with Crippen LogP contribution in [-0.2, 0) is 9.59 Å². The summed E-state index contributed by atoms with van der Waals surface area (Å²) in [7, 11) is 0. The smallest absolute Gasteiger partial charge is 0.231 e. The molecule has 43 heavy (non-hydrogen) atoms. The minimum absolute atomic E-state index is 0.00748. The average Bonchev–Trinajstić information content (AvgIpc) is 3.05. The van der Waals surface area contributed by atoms with Gasteiger partial charge in [-0.2, -0.15) is 0 Å². The van der Waals surface area contributed by atoms with Crippen molar-refractivity contribution in [1.82, 2.24) is 24.7 Å². The molecule has 1 aromatic rings. The summed E-state index contributed by atoms with van der Waals surface area (Å²) in [5, 5.41) is 3.33. The van der Waals surface area contributed by atoms with Gasteiger partial charge in [-0.25, -0.2) is 14.4 Å². The van der Waals surface area contributed by atoms with Crippen LogP contribution < -0.4 is 5.32 Å². The predicted octanol–water partition coefficient (Wildman–Crippen LogP) is 6.31. The van der Waals surface area contributed by atoms with E-state index in [0.29, 0.717) is 29.7 Å². The Morgan fingerprint density at radius 3 is 2.44 bits per heavy atom. The average molecular weight is 593 g/mol. The fourth-order valence-electron chi connectivity index (χ4n) is 6.31. The van der Waals surface area contributed by atoms with E-state index in [2.05, 4.69) is 26.8 Å². The lowest BCUT2D eigenvalue weighted by Gasteiger charge is -2.34. The molecule has 1 aliphatic carbocycles. The van der Waals surface area contributed by atoms with Crippen LogP contribution in [-0.4, -0.2) is 75.8 Å². The molecule has 3 aliphatic heterocycles. The molecular formula is C34H49FN6O2. The van der Waals surface area contributed by atoms with Gasteiger partial charge < -0.3 is 15.1 Å². The first-order valence-corrected chi connectivity index (χ1v) is 16.2. The molecule has 5 rings (SSSR count). The maximum absolute atomic E-state index is 14.5. The Balaban J connectivity index is 0.000000237. The Morgan fingerprint density at radius 2 is 1.79 bits per heavy atom. The molecule has 8 nitrogen and oxygen atoms in total. The van der Waals surface area contributed by atoms with Gasteiger partial charge in [-0.15, -0.1) is 0 Å². The van der Waals surface area contributed by atoms with Crippen LogP contribution in [0, 0.1) is 11.7 Å². The number of anilines is 1. The number of halogens is 1. The van der Waals surface area contributed by atoms with Gasteiger partial charge in [0.05, 0.1) is 6.20 Å². The van der Waals surface area contributed by atoms with E-state index < -0.39 is 5.82 Å². The molecule has 4 heterocycles. The Kier molecular flexibility index (Phi) is 12.9. The van der Waals surface area contributed by atoms with Crippen molar-refractivity contribution in [3.05, 3.63) is 60.5 Å². The van der Waals surface area contributed by atoms with E-state index in [-0.39, 0.29) is 11.6 Å². The van der Waals surface area contributed by atoms with Crippen LogP contribution in [0.2, 0.25) is 0 Å². The van der Waals surface area contributed by atoms with Crippen LogP contribution in [0.5, 0.6) is 0 Å².